The molecule has 6 nitrogen and oxygen atoms in total. The van der Waals surface area contributed by atoms with Crippen LogP contribution in [0, 0.1) is 0 Å². The van der Waals surface area contributed by atoms with Gasteiger partial charge in [-0.1, -0.05) is 11.6 Å². The minimum absolute atomic E-state index is 0.183. The highest BCUT2D eigenvalue weighted by molar-refractivity contribution is 6.30. The molecule has 1 saturated heterocycles. The van der Waals surface area contributed by atoms with E-state index >= 15 is 0 Å². The number of β-amino-alcohol motifs (C(OH)–C–C–N with tert-alkyl or cyclic N) is 1. The van der Waals surface area contributed by atoms with Crippen molar-refractivity contribution in [3.63, 3.8) is 0 Å². The SMILES string of the molecule is O=c1cc(CN2CCC[C@@](O)(CO)C2)nc2ccc(Cl)cn12. The largest absolute Gasteiger partial charge is 0.393 e. The molecule has 0 spiro atoms. The first kappa shape index (κ1) is 15.4. The number of nitrogens with zero attached hydrogens (tertiary/aromatic N) is 3. The van der Waals surface area contributed by atoms with Crippen molar-refractivity contribution in [2.24, 2.45) is 0 Å². The molecule has 1 aliphatic rings. The second-order valence-electron chi connectivity index (χ2n) is 5.86. The van der Waals surface area contributed by atoms with Gasteiger partial charge in [-0.15, -0.1) is 0 Å². The summed E-state index contributed by atoms with van der Waals surface area (Å²) in [7, 11) is 0. The molecule has 7 heteroatoms. The number of pyridine rings is 1. The highest BCUT2D eigenvalue weighted by atomic mass is 35.5. The maximum atomic E-state index is 12.1. The summed E-state index contributed by atoms with van der Waals surface area (Å²) in [5, 5.41) is 20.0. The Morgan fingerprint density at radius 3 is 3.00 bits per heavy atom. The van der Waals surface area contributed by atoms with Gasteiger partial charge in [-0.3, -0.25) is 14.1 Å². The van der Waals surface area contributed by atoms with Gasteiger partial charge in [0.15, 0.2) is 0 Å². The lowest BCUT2D eigenvalue weighted by Crippen LogP contribution is -2.50. The van der Waals surface area contributed by atoms with Crippen molar-refractivity contribution in [3.8, 4) is 0 Å². The zero-order chi connectivity index (χ0) is 15.7. The Hall–Kier alpha value is -1.47. The predicted molar refractivity (Wildman–Crippen MR) is 83.0 cm³/mol. The molecule has 2 aromatic rings. The van der Waals surface area contributed by atoms with Crippen LogP contribution in [0.3, 0.4) is 0 Å². The number of aromatic nitrogens is 2. The second-order valence-corrected chi connectivity index (χ2v) is 6.29. The molecule has 3 heterocycles. The first-order valence-electron chi connectivity index (χ1n) is 7.23. The molecule has 1 aliphatic heterocycles. The van der Waals surface area contributed by atoms with Gasteiger partial charge in [-0.05, 0) is 31.5 Å². The minimum atomic E-state index is -1.06. The molecule has 2 aromatic heterocycles. The first-order valence-corrected chi connectivity index (χ1v) is 7.60. The van der Waals surface area contributed by atoms with E-state index in [4.69, 9.17) is 11.6 Å². The van der Waals surface area contributed by atoms with Gasteiger partial charge in [0, 0.05) is 25.4 Å². The van der Waals surface area contributed by atoms with Gasteiger partial charge in [0.25, 0.3) is 5.56 Å². The number of fused-ring (bicyclic) bond motifs is 1. The number of aliphatic hydroxyl groups excluding tert-OH is 1. The Morgan fingerprint density at radius 1 is 1.41 bits per heavy atom. The molecule has 0 bridgehead atoms. The molecule has 2 N–H and O–H groups in total. The summed E-state index contributed by atoms with van der Waals surface area (Å²) in [5.74, 6) is 0. The highest BCUT2D eigenvalue weighted by Crippen LogP contribution is 2.21. The van der Waals surface area contributed by atoms with E-state index in [9.17, 15) is 15.0 Å². The summed E-state index contributed by atoms with van der Waals surface area (Å²) in [4.78, 5) is 18.6. The van der Waals surface area contributed by atoms with Crippen LogP contribution >= 0.6 is 11.6 Å². The van der Waals surface area contributed by atoms with Crippen LogP contribution in [-0.4, -0.2) is 49.8 Å². The normalized spacial score (nSPS) is 23.0. The summed E-state index contributed by atoms with van der Waals surface area (Å²) in [6, 6.07) is 4.88. The molecule has 118 valence electrons. The summed E-state index contributed by atoms with van der Waals surface area (Å²) in [5.41, 5.74) is -0.0507. The van der Waals surface area contributed by atoms with E-state index < -0.39 is 5.60 Å². The Kier molecular flexibility index (Phi) is 4.18. The molecule has 1 fully saturated rings. The Bertz CT molecular complexity index is 748. The molecule has 0 saturated carbocycles. The van der Waals surface area contributed by atoms with Gasteiger partial charge < -0.3 is 10.2 Å². The fraction of sp³-hybridized carbons (Fsp3) is 0.467. The average molecular weight is 324 g/mol. The van der Waals surface area contributed by atoms with Crippen LogP contribution in [0.25, 0.3) is 5.65 Å². The van der Waals surface area contributed by atoms with E-state index in [1.165, 1.54) is 10.5 Å². The summed E-state index contributed by atoms with van der Waals surface area (Å²) in [6.07, 6.45) is 2.94. The molecule has 1 atom stereocenters. The Morgan fingerprint density at radius 2 is 2.23 bits per heavy atom. The monoisotopic (exact) mass is 323 g/mol. The molecule has 0 amide bonds. The van der Waals surface area contributed by atoms with Crippen LogP contribution in [0.5, 0.6) is 0 Å². The summed E-state index contributed by atoms with van der Waals surface area (Å²) >= 11 is 5.89. The number of halogens is 1. The molecule has 0 unspecified atom stereocenters. The lowest BCUT2D eigenvalue weighted by atomic mass is 9.94. The quantitative estimate of drug-likeness (QED) is 0.868. The standard InChI is InChI=1S/C15H18ClN3O3/c16-11-2-3-13-17-12(6-14(21)19(13)7-11)8-18-5-1-4-15(22,9-18)10-20/h2-3,6-7,20,22H,1,4-5,8-10H2/t15-/m0/s1. The fourth-order valence-electron chi connectivity index (χ4n) is 2.91. The number of piperidine rings is 1. The van der Waals surface area contributed by atoms with Crippen LogP contribution < -0.4 is 5.56 Å². The lowest BCUT2D eigenvalue weighted by Gasteiger charge is -2.37. The van der Waals surface area contributed by atoms with E-state index in [1.54, 1.807) is 18.3 Å². The minimum Gasteiger partial charge on any atom is -0.393 e. The molecule has 3 rings (SSSR count). The zero-order valence-corrected chi connectivity index (χ0v) is 12.8. The van der Waals surface area contributed by atoms with Gasteiger partial charge in [-0.2, -0.15) is 0 Å². The maximum Gasteiger partial charge on any atom is 0.258 e. The third-order valence-corrected chi connectivity index (χ3v) is 4.21. The molecule has 0 aromatic carbocycles. The number of likely N-dealkylation sites (tertiary alicyclic amines) is 1. The van der Waals surface area contributed by atoms with Crippen molar-refractivity contribution in [1.82, 2.24) is 14.3 Å². The molecular formula is C15H18ClN3O3. The molecule has 0 radical (unpaired) electrons. The maximum absolute atomic E-state index is 12.1. The van der Waals surface area contributed by atoms with Gasteiger partial charge in [0.2, 0.25) is 0 Å². The predicted octanol–water partition coefficient (Wildman–Crippen LogP) is 0.667. The Balaban J connectivity index is 1.85. The number of hydrogen-bond acceptors (Lipinski definition) is 5. The molecule has 0 aliphatic carbocycles. The number of aliphatic hydroxyl groups is 2. The number of rotatable bonds is 3. The average Bonchev–Trinajstić information content (AvgIpc) is 2.48. The van der Waals surface area contributed by atoms with Crippen LogP contribution in [0.15, 0.2) is 29.2 Å². The van der Waals surface area contributed by atoms with Gasteiger partial charge in [0.05, 0.1) is 17.3 Å². The van der Waals surface area contributed by atoms with E-state index in [2.05, 4.69) is 4.98 Å². The van der Waals surface area contributed by atoms with E-state index in [-0.39, 0.29) is 12.2 Å². The van der Waals surface area contributed by atoms with Crippen molar-refractivity contribution >= 4 is 17.2 Å². The van der Waals surface area contributed by atoms with Crippen LogP contribution in [0.4, 0.5) is 0 Å². The highest BCUT2D eigenvalue weighted by Gasteiger charge is 2.32. The molecular weight excluding hydrogens is 306 g/mol. The smallest absolute Gasteiger partial charge is 0.258 e. The second kappa shape index (κ2) is 5.96. The van der Waals surface area contributed by atoms with E-state index in [0.717, 1.165) is 13.0 Å². The van der Waals surface area contributed by atoms with Crippen LogP contribution in [0.2, 0.25) is 5.02 Å². The van der Waals surface area contributed by atoms with Crippen molar-refractivity contribution < 1.29 is 10.2 Å². The van der Waals surface area contributed by atoms with Crippen molar-refractivity contribution in [1.29, 1.82) is 0 Å². The van der Waals surface area contributed by atoms with Crippen molar-refractivity contribution in [3.05, 3.63) is 45.5 Å². The topological polar surface area (TPSA) is 78.1 Å². The fourth-order valence-corrected chi connectivity index (χ4v) is 3.07. The van der Waals surface area contributed by atoms with Crippen molar-refractivity contribution in [2.45, 2.75) is 25.0 Å². The van der Waals surface area contributed by atoms with Crippen LogP contribution in [-0.2, 0) is 6.54 Å². The third-order valence-electron chi connectivity index (χ3n) is 3.99. The van der Waals surface area contributed by atoms with E-state index in [1.807, 2.05) is 4.90 Å². The molecule has 22 heavy (non-hydrogen) atoms. The van der Waals surface area contributed by atoms with Gasteiger partial charge in [0.1, 0.15) is 11.2 Å². The van der Waals surface area contributed by atoms with E-state index in [0.29, 0.717) is 35.9 Å². The van der Waals surface area contributed by atoms with Crippen LogP contribution in [0.1, 0.15) is 18.5 Å². The number of hydrogen-bond donors (Lipinski definition) is 2. The summed E-state index contributed by atoms with van der Waals surface area (Å²) in [6.45, 7) is 1.40. The zero-order valence-electron chi connectivity index (χ0n) is 12.1. The van der Waals surface area contributed by atoms with Gasteiger partial charge >= 0.3 is 0 Å². The Labute approximate surface area is 132 Å². The first-order chi connectivity index (χ1) is 10.5. The summed E-state index contributed by atoms with van der Waals surface area (Å²) < 4.78 is 1.41. The lowest BCUT2D eigenvalue weighted by molar-refractivity contribution is -0.0689. The van der Waals surface area contributed by atoms with Gasteiger partial charge in [-0.25, -0.2) is 4.98 Å². The third kappa shape index (κ3) is 3.15. The van der Waals surface area contributed by atoms with Crippen molar-refractivity contribution in [2.75, 3.05) is 19.7 Å².